The number of hydrogen-bond donors (Lipinski definition) is 2. The molecule has 2 aromatic heterocycles. The van der Waals surface area contributed by atoms with Crippen molar-refractivity contribution >= 4 is 34.1 Å². The van der Waals surface area contributed by atoms with Crippen LogP contribution in [0.3, 0.4) is 0 Å². The van der Waals surface area contributed by atoms with Crippen LogP contribution in [0.25, 0.3) is 10.9 Å². The number of nitrogens with zero attached hydrogens (tertiary/aromatic N) is 3. The number of methoxy groups -OCH3 is 1. The number of ketones is 2. The normalized spacial score (nSPS) is 32.7. The highest BCUT2D eigenvalue weighted by atomic mass is 19.1. The number of aliphatic hydroxyl groups excluding tert-OH is 1. The summed E-state index contributed by atoms with van der Waals surface area (Å²) < 4.78 is 39.8. The molecule has 15 heteroatoms. The summed E-state index contributed by atoms with van der Waals surface area (Å²) in [6.07, 6.45) is 9.45. The smallest absolute Gasteiger partial charge is 0.492 e. The highest BCUT2D eigenvalue weighted by Crippen LogP contribution is 2.67. The van der Waals surface area contributed by atoms with Gasteiger partial charge in [0.05, 0.1) is 30.7 Å². The summed E-state index contributed by atoms with van der Waals surface area (Å²) in [5.41, 5.74) is -2.98. The molecule has 0 amide bonds. The number of carbonyl (C=O) groups excluding carboxylic acids is 3. The van der Waals surface area contributed by atoms with Gasteiger partial charge < -0.3 is 38.0 Å². The number of aromatic nitrogens is 1. The van der Waals surface area contributed by atoms with E-state index in [1.165, 1.54) is 13.3 Å². The molecule has 60 heavy (non-hydrogen) atoms. The van der Waals surface area contributed by atoms with Crippen LogP contribution in [0.5, 0.6) is 5.75 Å². The van der Waals surface area contributed by atoms with E-state index >= 15 is 4.39 Å². The molecular weight excluding hydrogens is 778 g/mol. The SMILES string of the molecule is COc1c(N2CCN(Cc3oc(=O)oc3C)C(C)C2)c(F)cc2c(=O)c(C(=O)OCC(=O)[C@@]3(O)CCC4C5CCC6=CC(=O)C=C[C@]6(C)C5C(O)C[C@@]43C)cn(C3CC3)c12. The second-order valence-corrected chi connectivity index (χ2v) is 18.5. The second-order valence-electron chi connectivity index (χ2n) is 18.5. The van der Waals surface area contributed by atoms with Gasteiger partial charge in [0, 0.05) is 54.7 Å². The fraction of sp³-hybridized carbons (Fsp3) is 0.578. The third kappa shape index (κ3) is 6.16. The topological polar surface area (TPSA) is 182 Å². The minimum Gasteiger partial charge on any atom is -0.492 e. The van der Waals surface area contributed by atoms with Gasteiger partial charge in [0.1, 0.15) is 22.6 Å². The zero-order chi connectivity index (χ0) is 42.6. The summed E-state index contributed by atoms with van der Waals surface area (Å²) in [6, 6.07) is 0.947. The Morgan fingerprint density at radius 2 is 1.85 bits per heavy atom. The van der Waals surface area contributed by atoms with Crippen molar-refractivity contribution in [3.8, 4) is 5.75 Å². The van der Waals surface area contributed by atoms with Gasteiger partial charge in [-0.3, -0.25) is 19.3 Å². The van der Waals surface area contributed by atoms with Crippen LogP contribution in [0.4, 0.5) is 10.1 Å². The van der Waals surface area contributed by atoms with E-state index in [9.17, 15) is 34.2 Å². The van der Waals surface area contributed by atoms with Crippen LogP contribution in [-0.2, 0) is 20.9 Å². The lowest BCUT2D eigenvalue weighted by molar-refractivity contribution is -0.178. The Morgan fingerprint density at radius 3 is 2.53 bits per heavy atom. The molecule has 5 aliphatic carbocycles. The highest BCUT2D eigenvalue weighted by Gasteiger charge is 2.68. The van der Waals surface area contributed by atoms with Crippen LogP contribution in [0.1, 0.15) is 93.6 Å². The van der Waals surface area contributed by atoms with Crippen LogP contribution < -0.4 is 20.9 Å². The third-order valence-electron chi connectivity index (χ3n) is 15.3. The molecule has 5 unspecified atom stereocenters. The maximum Gasteiger partial charge on any atom is 0.519 e. The number of rotatable bonds is 9. The lowest BCUT2D eigenvalue weighted by Gasteiger charge is -2.59. The Balaban J connectivity index is 0.950. The number of Topliss-reactive ketones (excluding diaryl/α,β-unsaturated/α-hetero) is 1. The number of ether oxygens (including phenoxy) is 2. The summed E-state index contributed by atoms with van der Waals surface area (Å²) >= 11 is 0. The van der Waals surface area contributed by atoms with Crippen LogP contribution >= 0.6 is 0 Å². The van der Waals surface area contributed by atoms with Crippen molar-refractivity contribution in [1.82, 2.24) is 9.47 Å². The first-order valence-corrected chi connectivity index (χ1v) is 21.1. The lowest BCUT2D eigenvalue weighted by atomic mass is 9.46. The first kappa shape index (κ1) is 40.5. The monoisotopic (exact) mass is 829 g/mol. The Bertz CT molecular complexity index is 2500. The van der Waals surface area contributed by atoms with Crippen LogP contribution in [0, 0.1) is 41.3 Å². The number of allylic oxidation sites excluding steroid dienone is 4. The Hall–Kier alpha value is -4.86. The molecule has 5 fully saturated rings. The molecule has 1 saturated heterocycles. The van der Waals surface area contributed by atoms with Crippen molar-refractivity contribution in [3.63, 3.8) is 0 Å². The molecule has 0 spiro atoms. The average molecular weight is 830 g/mol. The molecule has 4 saturated carbocycles. The van der Waals surface area contributed by atoms with E-state index in [1.54, 1.807) is 23.6 Å². The fourth-order valence-corrected chi connectivity index (χ4v) is 12.0. The number of carbonyl (C=O) groups is 3. The van der Waals surface area contributed by atoms with Gasteiger partial charge in [-0.05, 0) is 88.8 Å². The maximum absolute atomic E-state index is 16.4. The zero-order valence-electron chi connectivity index (χ0n) is 34.6. The number of halogens is 1. The number of anilines is 1. The largest absolute Gasteiger partial charge is 0.519 e. The number of benzene rings is 1. The molecule has 6 aliphatic rings. The zero-order valence-corrected chi connectivity index (χ0v) is 34.6. The van der Waals surface area contributed by atoms with Crippen LogP contribution in [-0.4, -0.2) is 88.3 Å². The summed E-state index contributed by atoms with van der Waals surface area (Å²) in [4.78, 5) is 69.7. The third-order valence-corrected chi connectivity index (χ3v) is 15.3. The summed E-state index contributed by atoms with van der Waals surface area (Å²) in [5.74, 6) is -2.56. The standard InChI is InChI=1S/C45H52FN3O11/c1-23-19-48(15-14-47(23)21-34-24(2)59-42(55)60-34)38-32(46)17-29-37(40(38)57-5)49(26-7-8-26)20-30(39(29)53)41(54)58-22-35(52)45(56)13-11-31-28-9-6-25-16-27(50)10-12-43(25,3)36(28)33(51)18-44(31,45)4/h10,12,16-17,20,23,26,28,31,33,36,51,56H,6-9,11,13-15,18-19,21-22H2,1-5H3/t23?,28?,31?,33?,36?,43-,44-,45-/m0/s1. The molecule has 3 aromatic rings. The molecule has 14 nitrogen and oxygen atoms in total. The van der Waals surface area contributed by atoms with E-state index in [0.717, 1.165) is 30.9 Å². The summed E-state index contributed by atoms with van der Waals surface area (Å²) in [5, 5.41) is 23.9. The van der Waals surface area contributed by atoms with Gasteiger partial charge in [-0.1, -0.05) is 25.5 Å². The van der Waals surface area contributed by atoms with Crippen molar-refractivity contribution in [2.75, 3.05) is 38.3 Å². The Labute approximate surface area is 345 Å². The number of piperazine rings is 1. The highest BCUT2D eigenvalue weighted by molar-refractivity contribution is 6.01. The van der Waals surface area contributed by atoms with Crippen molar-refractivity contribution in [3.05, 3.63) is 79.8 Å². The molecular formula is C45H52FN3O11. The minimum atomic E-state index is -1.89. The fourth-order valence-electron chi connectivity index (χ4n) is 12.0. The molecule has 1 aliphatic heterocycles. The van der Waals surface area contributed by atoms with Crippen molar-refractivity contribution in [1.29, 1.82) is 0 Å². The number of fused-ring (bicyclic) bond motifs is 6. The number of aliphatic hydroxyl groups is 2. The Morgan fingerprint density at radius 1 is 1.08 bits per heavy atom. The van der Waals surface area contributed by atoms with Gasteiger partial charge in [-0.15, -0.1) is 0 Å². The molecule has 1 aromatic carbocycles. The number of aryl methyl sites for hydroxylation is 1. The minimum absolute atomic E-state index is 0.00462. The Kier molecular flexibility index (Phi) is 9.71. The number of hydrogen-bond acceptors (Lipinski definition) is 13. The molecule has 0 radical (unpaired) electrons. The average Bonchev–Trinajstić information content (AvgIpc) is 3.94. The van der Waals surface area contributed by atoms with Gasteiger partial charge in [0.2, 0.25) is 11.2 Å². The van der Waals surface area contributed by atoms with E-state index < -0.39 is 58.0 Å². The van der Waals surface area contributed by atoms with Gasteiger partial charge in [0.25, 0.3) is 0 Å². The first-order chi connectivity index (χ1) is 28.5. The quantitative estimate of drug-likeness (QED) is 0.282. The molecule has 9 rings (SSSR count). The summed E-state index contributed by atoms with van der Waals surface area (Å²) in [7, 11) is 1.42. The first-order valence-electron chi connectivity index (χ1n) is 21.1. The van der Waals surface area contributed by atoms with Crippen molar-refractivity contribution < 1.29 is 47.3 Å². The molecule has 320 valence electrons. The summed E-state index contributed by atoms with van der Waals surface area (Å²) in [6.45, 7) is 8.41. The van der Waals surface area contributed by atoms with Crippen molar-refractivity contribution in [2.45, 2.75) is 103 Å². The van der Waals surface area contributed by atoms with Crippen LogP contribution in [0.2, 0.25) is 0 Å². The van der Waals surface area contributed by atoms with Gasteiger partial charge in [-0.25, -0.2) is 14.0 Å². The van der Waals surface area contributed by atoms with E-state index in [4.69, 9.17) is 18.3 Å². The molecule has 3 heterocycles. The van der Waals surface area contributed by atoms with Crippen molar-refractivity contribution in [2.24, 2.45) is 28.6 Å². The van der Waals surface area contributed by atoms with E-state index in [-0.39, 0.29) is 70.8 Å². The number of pyridine rings is 1. The van der Waals surface area contributed by atoms with Gasteiger partial charge in [0.15, 0.2) is 29.7 Å². The molecule has 2 N–H and O–H groups in total. The molecule has 0 bridgehead atoms. The van der Waals surface area contributed by atoms with Gasteiger partial charge in [-0.2, -0.15) is 0 Å². The lowest BCUT2D eigenvalue weighted by Crippen LogP contribution is -2.61. The van der Waals surface area contributed by atoms with E-state index in [1.807, 2.05) is 24.8 Å². The number of esters is 1. The predicted octanol–water partition coefficient (Wildman–Crippen LogP) is 4.79. The predicted molar refractivity (Wildman–Crippen MR) is 215 cm³/mol. The molecule has 8 atom stereocenters. The second kappa shape index (κ2) is 14.4. The van der Waals surface area contributed by atoms with Crippen LogP contribution in [0.15, 0.2) is 54.5 Å². The van der Waals surface area contributed by atoms with E-state index in [0.29, 0.717) is 56.1 Å². The maximum atomic E-state index is 16.4. The van der Waals surface area contributed by atoms with Gasteiger partial charge >= 0.3 is 11.8 Å². The van der Waals surface area contributed by atoms with E-state index in [2.05, 4.69) is 11.8 Å².